The maximum absolute atomic E-state index is 2.46. The first kappa shape index (κ1) is 37.3. The Labute approximate surface area is 364 Å². The summed E-state index contributed by atoms with van der Waals surface area (Å²) in [5.74, 6) is 0. The zero-order chi connectivity index (χ0) is 41.6. The number of hydrogen-bond acceptors (Lipinski definition) is 1. The monoisotopic (exact) mass is 791 g/mol. The predicted molar refractivity (Wildman–Crippen MR) is 263 cm³/mol. The highest BCUT2D eigenvalue weighted by Gasteiger charge is 2.37. The molecule has 10 aromatic rings. The molecule has 10 aromatic carbocycles. The van der Waals surface area contributed by atoms with E-state index in [1.165, 1.54) is 88.7 Å². The van der Waals surface area contributed by atoms with Crippen LogP contribution in [0.3, 0.4) is 0 Å². The Morgan fingerprint density at radius 1 is 0.290 bits per heavy atom. The lowest BCUT2D eigenvalue weighted by molar-refractivity contribution is 0.660. The van der Waals surface area contributed by atoms with E-state index < -0.39 is 0 Å². The maximum atomic E-state index is 2.46. The van der Waals surface area contributed by atoms with E-state index in [0.29, 0.717) is 0 Å². The third-order valence-electron chi connectivity index (χ3n) is 12.9. The topological polar surface area (TPSA) is 3.24 Å². The zero-order valence-corrected chi connectivity index (χ0v) is 35.0. The standard InChI is InChI=1S/C61H45N/c1-61(2)57-36-32-47(41-56(57)60-53(28-17-29-58(60)61)46-24-13-6-14-25-46)49-38-48(43-20-9-4-10-21-43)39-51(40-49)62(50-33-30-44(31-34-50)42-18-7-3-8-19-42)59-37-35-52(45-22-11-5-12-23-45)54-26-15-16-27-55(54)59/h3-41H,1-2H3. The molecule has 1 aliphatic carbocycles. The van der Waals surface area contributed by atoms with Gasteiger partial charge in [-0.2, -0.15) is 0 Å². The molecule has 0 heterocycles. The van der Waals surface area contributed by atoms with Crippen LogP contribution in [-0.2, 0) is 5.41 Å². The van der Waals surface area contributed by atoms with Crippen molar-refractivity contribution in [1.29, 1.82) is 0 Å². The summed E-state index contributed by atoms with van der Waals surface area (Å²) in [5, 5.41) is 2.41. The number of nitrogens with zero attached hydrogens (tertiary/aromatic N) is 1. The Hall–Kier alpha value is -7.74. The second-order valence-electron chi connectivity index (χ2n) is 16.9. The fourth-order valence-corrected chi connectivity index (χ4v) is 9.75. The molecule has 0 saturated carbocycles. The smallest absolute Gasteiger partial charge is 0.0540 e. The van der Waals surface area contributed by atoms with Crippen LogP contribution < -0.4 is 4.90 Å². The Kier molecular flexibility index (Phi) is 9.24. The largest absolute Gasteiger partial charge is 0.310 e. The second kappa shape index (κ2) is 15.4. The quantitative estimate of drug-likeness (QED) is 0.148. The third-order valence-corrected chi connectivity index (χ3v) is 12.9. The highest BCUT2D eigenvalue weighted by Crippen LogP contribution is 2.53. The van der Waals surface area contributed by atoms with Gasteiger partial charge in [0.05, 0.1) is 5.69 Å². The molecule has 0 bridgehead atoms. The lowest BCUT2D eigenvalue weighted by Gasteiger charge is -2.29. The van der Waals surface area contributed by atoms with Crippen LogP contribution in [0.1, 0.15) is 25.0 Å². The molecule has 11 rings (SSSR count). The van der Waals surface area contributed by atoms with Gasteiger partial charge in [0.25, 0.3) is 0 Å². The minimum atomic E-state index is -0.124. The van der Waals surface area contributed by atoms with E-state index in [1.807, 2.05) is 0 Å². The first-order chi connectivity index (χ1) is 30.5. The van der Waals surface area contributed by atoms with Crippen LogP contribution >= 0.6 is 0 Å². The lowest BCUT2D eigenvalue weighted by atomic mass is 9.81. The van der Waals surface area contributed by atoms with Gasteiger partial charge >= 0.3 is 0 Å². The second-order valence-corrected chi connectivity index (χ2v) is 16.9. The van der Waals surface area contributed by atoms with Crippen molar-refractivity contribution in [3.05, 3.63) is 248 Å². The molecule has 0 unspecified atom stereocenters. The van der Waals surface area contributed by atoms with E-state index in [-0.39, 0.29) is 5.41 Å². The minimum absolute atomic E-state index is 0.124. The number of anilines is 3. The molecule has 0 N–H and O–H groups in total. The summed E-state index contributed by atoms with van der Waals surface area (Å²) in [5.41, 5.74) is 20.6. The fraction of sp³-hybridized carbons (Fsp3) is 0.0492. The van der Waals surface area contributed by atoms with Crippen LogP contribution in [0.15, 0.2) is 237 Å². The van der Waals surface area contributed by atoms with E-state index in [0.717, 1.165) is 17.1 Å². The van der Waals surface area contributed by atoms with Crippen molar-refractivity contribution in [3.63, 3.8) is 0 Å². The molecule has 0 aromatic heterocycles. The van der Waals surface area contributed by atoms with Crippen molar-refractivity contribution in [3.8, 4) is 66.8 Å². The van der Waals surface area contributed by atoms with E-state index in [1.54, 1.807) is 0 Å². The van der Waals surface area contributed by atoms with Gasteiger partial charge in [0, 0.05) is 22.2 Å². The number of benzene rings is 10. The summed E-state index contributed by atoms with van der Waals surface area (Å²) < 4.78 is 0. The molecule has 1 nitrogen and oxygen atoms in total. The number of hydrogen-bond donors (Lipinski definition) is 0. The molecule has 0 atom stereocenters. The highest BCUT2D eigenvalue weighted by atomic mass is 15.1. The molecule has 0 spiro atoms. The van der Waals surface area contributed by atoms with Crippen LogP contribution in [0.2, 0.25) is 0 Å². The van der Waals surface area contributed by atoms with Gasteiger partial charge in [0.1, 0.15) is 0 Å². The predicted octanol–water partition coefficient (Wildman–Crippen LogP) is 17.0. The fourth-order valence-electron chi connectivity index (χ4n) is 9.75. The minimum Gasteiger partial charge on any atom is -0.310 e. The summed E-state index contributed by atoms with van der Waals surface area (Å²) in [6, 6.07) is 86.7. The average molecular weight is 792 g/mol. The van der Waals surface area contributed by atoms with Crippen molar-refractivity contribution in [1.82, 2.24) is 0 Å². The molecule has 294 valence electrons. The van der Waals surface area contributed by atoms with Gasteiger partial charge in [-0.3, -0.25) is 0 Å². The molecule has 1 aliphatic rings. The molecule has 0 saturated heterocycles. The molecular formula is C61H45N. The van der Waals surface area contributed by atoms with Crippen molar-refractivity contribution >= 4 is 27.8 Å². The zero-order valence-electron chi connectivity index (χ0n) is 35.0. The SMILES string of the molecule is CC1(C)c2ccc(-c3cc(-c4ccccc4)cc(N(c4ccc(-c5ccccc5)cc4)c4ccc(-c5ccccc5)c5ccccc45)c3)cc2-c2c(-c3ccccc3)cccc21. The van der Waals surface area contributed by atoms with Gasteiger partial charge in [-0.15, -0.1) is 0 Å². The van der Waals surface area contributed by atoms with Gasteiger partial charge in [-0.05, 0) is 126 Å². The van der Waals surface area contributed by atoms with Crippen molar-refractivity contribution < 1.29 is 0 Å². The van der Waals surface area contributed by atoms with E-state index in [2.05, 4.69) is 255 Å². The van der Waals surface area contributed by atoms with Crippen LogP contribution in [0.5, 0.6) is 0 Å². The van der Waals surface area contributed by atoms with Crippen molar-refractivity contribution in [2.24, 2.45) is 0 Å². The highest BCUT2D eigenvalue weighted by molar-refractivity contribution is 6.06. The van der Waals surface area contributed by atoms with Crippen LogP contribution in [0.25, 0.3) is 77.5 Å². The molecule has 0 radical (unpaired) electrons. The van der Waals surface area contributed by atoms with Crippen LogP contribution in [0, 0.1) is 0 Å². The number of fused-ring (bicyclic) bond motifs is 4. The summed E-state index contributed by atoms with van der Waals surface area (Å²) in [4.78, 5) is 2.46. The number of rotatable bonds is 8. The van der Waals surface area contributed by atoms with Crippen LogP contribution in [0.4, 0.5) is 17.1 Å². The Bertz CT molecular complexity index is 3220. The van der Waals surface area contributed by atoms with Gasteiger partial charge in [-0.1, -0.05) is 208 Å². The maximum Gasteiger partial charge on any atom is 0.0540 e. The summed E-state index contributed by atoms with van der Waals surface area (Å²) in [6.07, 6.45) is 0. The van der Waals surface area contributed by atoms with Gasteiger partial charge in [0.15, 0.2) is 0 Å². The van der Waals surface area contributed by atoms with Crippen LogP contribution in [-0.4, -0.2) is 0 Å². The van der Waals surface area contributed by atoms with Crippen molar-refractivity contribution in [2.45, 2.75) is 19.3 Å². The average Bonchev–Trinajstić information content (AvgIpc) is 3.58. The Balaban J connectivity index is 1.14. The Morgan fingerprint density at radius 2 is 0.806 bits per heavy atom. The van der Waals surface area contributed by atoms with E-state index in [9.17, 15) is 0 Å². The van der Waals surface area contributed by atoms with E-state index >= 15 is 0 Å². The first-order valence-electron chi connectivity index (χ1n) is 21.6. The molecular weight excluding hydrogens is 747 g/mol. The molecule has 62 heavy (non-hydrogen) atoms. The summed E-state index contributed by atoms with van der Waals surface area (Å²) in [7, 11) is 0. The van der Waals surface area contributed by atoms with Gasteiger partial charge in [-0.25, -0.2) is 0 Å². The van der Waals surface area contributed by atoms with Crippen molar-refractivity contribution in [2.75, 3.05) is 4.90 Å². The van der Waals surface area contributed by atoms with Gasteiger partial charge in [0.2, 0.25) is 0 Å². The van der Waals surface area contributed by atoms with Gasteiger partial charge < -0.3 is 4.90 Å². The molecule has 0 fully saturated rings. The summed E-state index contributed by atoms with van der Waals surface area (Å²) >= 11 is 0. The lowest BCUT2D eigenvalue weighted by Crippen LogP contribution is -2.14. The normalized spacial score (nSPS) is 12.5. The third kappa shape index (κ3) is 6.51. The summed E-state index contributed by atoms with van der Waals surface area (Å²) in [6.45, 7) is 4.74. The molecule has 0 amide bonds. The molecule has 0 aliphatic heterocycles. The first-order valence-corrected chi connectivity index (χ1v) is 21.6. The molecule has 1 heteroatoms. The Morgan fingerprint density at radius 3 is 1.45 bits per heavy atom. The van der Waals surface area contributed by atoms with E-state index in [4.69, 9.17) is 0 Å².